The average molecular weight is 288 g/mol. The topological polar surface area (TPSA) is 91.6 Å². The summed E-state index contributed by atoms with van der Waals surface area (Å²) in [6, 6.07) is 7.89. The Morgan fingerprint density at radius 1 is 1.19 bits per heavy atom. The number of hydrogen-bond donors (Lipinski definition) is 3. The van der Waals surface area contributed by atoms with Crippen molar-refractivity contribution in [2.24, 2.45) is 0 Å². The van der Waals surface area contributed by atoms with Gasteiger partial charge in [-0.2, -0.15) is 0 Å². The number of anilines is 1. The Kier molecular flexibility index (Phi) is 4.27. The number of nitrogens with one attached hydrogen (secondary N) is 2. The molecule has 0 saturated heterocycles. The second-order valence-corrected chi connectivity index (χ2v) is 4.67. The minimum atomic E-state index is -1.09. The number of carboxylic acid groups (broad SMARTS) is 1. The first-order valence-electron chi connectivity index (χ1n) is 6.40. The van der Waals surface area contributed by atoms with Crippen molar-refractivity contribution in [2.75, 3.05) is 5.32 Å². The number of benzene rings is 1. The Morgan fingerprint density at radius 3 is 2.57 bits per heavy atom. The van der Waals surface area contributed by atoms with Gasteiger partial charge in [-0.05, 0) is 38.1 Å². The second-order valence-electron chi connectivity index (χ2n) is 4.67. The van der Waals surface area contributed by atoms with Gasteiger partial charge in [0.1, 0.15) is 11.5 Å². The molecule has 6 heteroatoms. The summed E-state index contributed by atoms with van der Waals surface area (Å²) in [5.74, 6) is 0.305. The molecule has 1 heterocycles. The van der Waals surface area contributed by atoms with E-state index in [-0.39, 0.29) is 17.8 Å². The molecule has 1 aromatic heterocycles. The number of carboxylic acids is 1. The van der Waals surface area contributed by atoms with Crippen molar-refractivity contribution in [3.05, 3.63) is 53.0 Å². The predicted octanol–water partition coefficient (Wildman–Crippen LogP) is 2.92. The summed E-state index contributed by atoms with van der Waals surface area (Å²) >= 11 is 0. The van der Waals surface area contributed by atoms with Crippen molar-refractivity contribution in [1.29, 1.82) is 0 Å². The smallest absolute Gasteiger partial charge is 0.337 e. The lowest BCUT2D eigenvalue weighted by Crippen LogP contribution is -2.28. The molecule has 6 nitrogen and oxygen atoms in total. The lowest BCUT2D eigenvalue weighted by Gasteiger charge is -2.10. The van der Waals surface area contributed by atoms with Crippen molar-refractivity contribution >= 4 is 17.7 Å². The van der Waals surface area contributed by atoms with Crippen LogP contribution >= 0.6 is 0 Å². The van der Waals surface area contributed by atoms with Gasteiger partial charge in [0.05, 0.1) is 17.8 Å². The van der Waals surface area contributed by atoms with E-state index in [1.807, 2.05) is 6.92 Å². The van der Waals surface area contributed by atoms with E-state index in [0.29, 0.717) is 5.76 Å². The fraction of sp³-hybridized carbons (Fsp3) is 0.200. The van der Waals surface area contributed by atoms with Crippen LogP contribution < -0.4 is 10.6 Å². The van der Waals surface area contributed by atoms with E-state index in [9.17, 15) is 9.59 Å². The zero-order valence-electron chi connectivity index (χ0n) is 11.8. The quantitative estimate of drug-likeness (QED) is 0.806. The van der Waals surface area contributed by atoms with Crippen molar-refractivity contribution in [3.8, 4) is 0 Å². The number of carbonyl (C=O) groups excluding carboxylic acids is 1. The third kappa shape index (κ3) is 3.85. The third-order valence-electron chi connectivity index (χ3n) is 2.87. The molecule has 0 atom stereocenters. The maximum atomic E-state index is 11.8. The highest BCUT2D eigenvalue weighted by molar-refractivity contribution is 6.00. The van der Waals surface area contributed by atoms with Gasteiger partial charge < -0.3 is 20.2 Å². The summed E-state index contributed by atoms with van der Waals surface area (Å²) in [5.41, 5.74) is 1.12. The van der Waals surface area contributed by atoms with Crippen LogP contribution in [0.1, 0.15) is 27.4 Å². The molecular formula is C15H16N2O4. The molecule has 0 aliphatic carbocycles. The number of carbonyl (C=O) groups is 2. The SMILES string of the molecule is Cc1ccc(NC(=O)NCc2ccc(C)o2)c(C(=O)O)c1. The zero-order chi connectivity index (χ0) is 15.4. The Hall–Kier alpha value is -2.76. The fourth-order valence-corrected chi connectivity index (χ4v) is 1.86. The molecule has 0 radical (unpaired) electrons. The van der Waals surface area contributed by atoms with Crippen molar-refractivity contribution < 1.29 is 19.1 Å². The highest BCUT2D eigenvalue weighted by Crippen LogP contribution is 2.17. The van der Waals surface area contributed by atoms with Gasteiger partial charge >= 0.3 is 12.0 Å². The maximum absolute atomic E-state index is 11.8. The summed E-state index contributed by atoms with van der Waals surface area (Å²) in [4.78, 5) is 22.9. The molecule has 0 bridgehead atoms. The number of amides is 2. The number of furan rings is 1. The van der Waals surface area contributed by atoms with Crippen LogP contribution in [0.5, 0.6) is 0 Å². The summed E-state index contributed by atoms with van der Waals surface area (Å²) in [7, 11) is 0. The average Bonchev–Trinajstić information content (AvgIpc) is 2.84. The molecule has 0 unspecified atom stereocenters. The Labute approximate surface area is 121 Å². The summed E-state index contributed by atoms with van der Waals surface area (Å²) in [6.45, 7) is 3.83. The highest BCUT2D eigenvalue weighted by atomic mass is 16.4. The number of rotatable bonds is 4. The highest BCUT2D eigenvalue weighted by Gasteiger charge is 2.12. The van der Waals surface area contributed by atoms with E-state index >= 15 is 0 Å². The third-order valence-corrected chi connectivity index (χ3v) is 2.87. The van der Waals surface area contributed by atoms with Gasteiger partial charge in [0.15, 0.2) is 0 Å². The fourth-order valence-electron chi connectivity index (χ4n) is 1.86. The van der Waals surface area contributed by atoms with Crippen LogP contribution in [0.25, 0.3) is 0 Å². The van der Waals surface area contributed by atoms with Crippen LogP contribution in [0, 0.1) is 13.8 Å². The molecule has 0 aliphatic rings. The van der Waals surface area contributed by atoms with Crippen molar-refractivity contribution in [2.45, 2.75) is 20.4 Å². The molecule has 0 spiro atoms. The molecule has 0 saturated carbocycles. The summed E-state index contributed by atoms with van der Waals surface area (Å²) in [5, 5.41) is 14.3. The van der Waals surface area contributed by atoms with Crippen LogP contribution in [-0.2, 0) is 6.54 Å². The standard InChI is InChI=1S/C15H16N2O4/c1-9-3-6-13(12(7-9)14(18)19)17-15(20)16-8-11-5-4-10(2)21-11/h3-7H,8H2,1-2H3,(H,18,19)(H2,16,17,20). The van der Waals surface area contributed by atoms with E-state index in [4.69, 9.17) is 9.52 Å². The largest absolute Gasteiger partial charge is 0.478 e. The monoisotopic (exact) mass is 288 g/mol. The lowest BCUT2D eigenvalue weighted by atomic mass is 10.1. The molecule has 1 aromatic carbocycles. The Morgan fingerprint density at radius 2 is 1.95 bits per heavy atom. The van der Waals surface area contributed by atoms with Crippen LogP contribution in [-0.4, -0.2) is 17.1 Å². The summed E-state index contributed by atoms with van der Waals surface area (Å²) in [6.07, 6.45) is 0. The van der Waals surface area contributed by atoms with Gasteiger partial charge in [-0.1, -0.05) is 11.6 Å². The maximum Gasteiger partial charge on any atom is 0.337 e. The predicted molar refractivity (Wildman–Crippen MR) is 77.4 cm³/mol. The van der Waals surface area contributed by atoms with Gasteiger partial charge in [0, 0.05) is 0 Å². The number of aromatic carboxylic acids is 1. The first-order valence-corrected chi connectivity index (χ1v) is 6.40. The van der Waals surface area contributed by atoms with E-state index in [1.165, 1.54) is 6.07 Å². The van der Waals surface area contributed by atoms with E-state index in [0.717, 1.165) is 11.3 Å². The van der Waals surface area contributed by atoms with Gasteiger partial charge in [0.25, 0.3) is 0 Å². The van der Waals surface area contributed by atoms with E-state index in [1.54, 1.807) is 31.2 Å². The molecule has 0 aliphatic heterocycles. The molecule has 0 fully saturated rings. The number of hydrogen-bond acceptors (Lipinski definition) is 3. The van der Waals surface area contributed by atoms with Crippen molar-refractivity contribution in [3.63, 3.8) is 0 Å². The van der Waals surface area contributed by atoms with Gasteiger partial charge in [0.2, 0.25) is 0 Å². The minimum Gasteiger partial charge on any atom is -0.478 e. The number of aryl methyl sites for hydroxylation is 2. The van der Waals surface area contributed by atoms with E-state index in [2.05, 4.69) is 10.6 Å². The van der Waals surface area contributed by atoms with Crippen LogP contribution in [0.4, 0.5) is 10.5 Å². The van der Waals surface area contributed by atoms with Crippen LogP contribution in [0.15, 0.2) is 34.7 Å². The zero-order valence-corrected chi connectivity index (χ0v) is 11.8. The number of urea groups is 1. The molecule has 110 valence electrons. The normalized spacial score (nSPS) is 10.2. The van der Waals surface area contributed by atoms with Crippen LogP contribution in [0.2, 0.25) is 0 Å². The Balaban J connectivity index is 2.01. The second kappa shape index (κ2) is 6.13. The molecular weight excluding hydrogens is 272 g/mol. The summed E-state index contributed by atoms with van der Waals surface area (Å²) < 4.78 is 5.33. The van der Waals surface area contributed by atoms with Gasteiger partial charge in [-0.15, -0.1) is 0 Å². The minimum absolute atomic E-state index is 0.0546. The lowest BCUT2D eigenvalue weighted by molar-refractivity contribution is 0.0698. The van der Waals surface area contributed by atoms with Gasteiger partial charge in [-0.3, -0.25) is 0 Å². The molecule has 2 aromatic rings. The van der Waals surface area contributed by atoms with Crippen molar-refractivity contribution in [1.82, 2.24) is 5.32 Å². The molecule has 2 rings (SSSR count). The van der Waals surface area contributed by atoms with Gasteiger partial charge in [-0.25, -0.2) is 9.59 Å². The molecule has 3 N–H and O–H groups in total. The Bertz CT molecular complexity index is 676. The first kappa shape index (κ1) is 14.6. The first-order chi connectivity index (χ1) is 9.95. The van der Waals surface area contributed by atoms with Crippen LogP contribution in [0.3, 0.4) is 0 Å². The molecule has 21 heavy (non-hydrogen) atoms. The van der Waals surface area contributed by atoms with E-state index < -0.39 is 12.0 Å². The molecule has 2 amide bonds.